The first-order valence-corrected chi connectivity index (χ1v) is 12.1. The van der Waals surface area contributed by atoms with E-state index >= 15 is 0 Å². The predicted octanol–water partition coefficient (Wildman–Crippen LogP) is 2.52. The molecule has 9 heteroatoms. The maximum absolute atomic E-state index is 12.8. The molecule has 1 amide bonds. The SMILES string of the molecule is CCCCn1nc(C(=O)NCCNS(=O)(=O)c2cc(C)ccc2C)c2ccccc2c1=O. The van der Waals surface area contributed by atoms with Crippen LogP contribution in [0.25, 0.3) is 10.8 Å². The highest BCUT2D eigenvalue weighted by molar-refractivity contribution is 7.89. The molecule has 0 radical (unpaired) electrons. The van der Waals surface area contributed by atoms with Crippen molar-refractivity contribution in [2.45, 2.75) is 45.1 Å². The molecule has 32 heavy (non-hydrogen) atoms. The standard InChI is InChI=1S/C23H28N4O4S/c1-4-5-14-27-23(29)19-9-7-6-8-18(19)21(26-27)22(28)24-12-13-25-32(30,31)20-15-16(2)10-11-17(20)3/h6-11,15,25H,4-5,12-14H2,1-3H3,(H,24,28). The molecule has 0 spiro atoms. The maximum Gasteiger partial charge on any atom is 0.274 e. The summed E-state index contributed by atoms with van der Waals surface area (Å²) in [6.07, 6.45) is 1.66. The lowest BCUT2D eigenvalue weighted by molar-refractivity contribution is 0.0948. The van der Waals surface area contributed by atoms with Gasteiger partial charge in [0.05, 0.1) is 10.3 Å². The summed E-state index contributed by atoms with van der Waals surface area (Å²) in [6.45, 7) is 6.10. The van der Waals surface area contributed by atoms with E-state index in [0.29, 0.717) is 22.9 Å². The Balaban J connectivity index is 1.73. The zero-order chi connectivity index (χ0) is 23.3. The smallest absolute Gasteiger partial charge is 0.274 e. The highest BCUT2D eigenvalue weighted by Gasteiger charge is 2.18. The van der Waals surface area contributed by atoms with Crippen LogP contribution in [-0.4, -0.2) is 37.2 Å². The van der Waals surface area contributed by atoms with Crippen LogP contribution >= 0.6 is 0 Å². The molecule has 1 heterocycles. The number of benzene rings is 2. The maximum atomic E-state index is 12.8. The Bertz CT molecular complexity index is 1300. The third-order valence-electron chi connectivity index (χ3n) is 5.14. The third-order valence-corrected chi connectivity index (χ3v) is 6.75. The van der Waals surface area contributed by atoms with Crippen LogP contribution < -0.4 is 15.6 Å². The summed E-state index contributed by atoms with van der Waals surface area (Å²) >= 11 is 0. The average molecular weight is 457 g/mol. The van der Waals surface area contributed by atoms with E-state index in [1.807, 2.05) is 19.9 Å². The Morgan fingerprint density at radius 2 is 1.78 bits per heavy atom. The van der Waals surface area contributed by atoms with Gasteiger partial charge in [0.25, 0.3) is 11.5 Å². The molecule has 2 aromatic carbocycles. The molecular formula is C23H28N4O4S. The van der Waals surface area contributed by atoms with Crippen LogP contribution in [0.1, 0.15) is 41.4 Å². The summed E-state index contributed by atoms with van der Waals surface area (Å²) in [7, 11) is -3.70. The molecule has 1 aromatic heterocycles. The van der Waals surface area contributed by atoms with Crippen molar-refractivity contribution in [1.29, 1.82) is 0 Å². The normalized spacial score (nSPS) is 11.6. The summed E-state index contributed by atoms with van der Waals surface area (Å²) in [6, 6.07) is 12.1. The Labute approximate surface area is 187 Å². The zero-order valence-electron chi connectivity index (χ0n) is 18.5. The van der Waals surface area contributed by atoms with E-state index in [0.717, 1.165) is 18.4 Å². The van der Waals surface area contributed by atoms with Gasteiger partial charge < -0.3 is 5.32 Å². The van der Waals surface area contributed by atoms with Crippen LogP contribution in [0.4, 0.5) is 0 Å². The fourth-order valence-electron chi connectivity index (χ4n) is 3.38. The lowest BCUT2D eigenvalue weighted by Gasteiger charge is -2.12. The van der Waals surface area contributed by atoms with E-state index in [9.17, 15) is 18.0 Å². The van der Waals surface area contributed by atoms with Gasteiger partial charge in [-0.05, 0) is 43.5 Å². The van der Waals surface area contributed by atoms with E-state index in [-0.39, 0.29) is 29.2 Å². The number of hydrogen-bond acceptors (Lipinski definition) is 5. The number of carbonyl (C=O) groups is 1. The fraction of sp³-hybridized carbons (Fsp3) is 0.348. The average Bonchev–Trinajstić information content (AvgIpc) is 2.78. The number of rotatable bonds is 9. The van der Waals surface area contributed by atoms with Gasteiger partial charge in [-0.1, -0.05) is 43.7 Å². The number of aromatic nitrogens is 2. The number of carbonyl (C=O) groups excluding carboxylic acids is 1. The molecule has 0 saturated heterocycles. The van der Waals surface area contributed by atoms with Crippen molar-refractivity contribution < 1.29 is 13.2 Å². The minimum absolute atomic E-state index is 0.0227. The molecule has 0 unspecified atom stereocenters. The largest absolute Gasteiger partial charge is 0.349 e. The number of nitrogens with zero attached hydrogens (tertiary/aromatic N) is 2. The van der Waals surface area contributed by atoms with Crippen LogP contribution in [0.3, 0.4) is 0 Å². The van der Waals surface area contributed by atoms with Crippen LogP contribution in [-0.2, 0) is 16.6 Å². The van der Waals surface area contributed by atoms with Crippen molar-refractivity contribution in [3.05, 3.63) is 69.6 Å². The van der Waals surface area contributed by atoms with Crippen molar-refractivity contribution in [3.8, 4) is 0 Å². The van der Waals surface area contributed by atoms with Crippen molar-refractivity contribution in [3.63, 3.8) is 0 Å². The van der Waals surface area contributed by atoms with Gasteiger partial charge in [0.2, 0.25) is 10.0 Å². The predicted molar refractivity (Wildman–Crippen MR) is 124 cm³/mol. The van der Waals surface area contributed by atoms with Gasteiger partial charge in [-0.2, -0.15) is 5.10 Å². The molecule has 0 bridgehead atoms. The van der Waals surface area contributed by atoms with Gasteiger partial charge in [0.15, 0.2) is 5.69 Å². The summed E-state index contributed by atoms with van der Waals surface area (Å²) in [4.78, 5) is 25.7. The summed E-state index contributed by atoms with van der Waals surface area (Å²) in [5.74, 6) is -0.461. The van der Waals surface area contributed by atoms with E-state index < -0.39 is 15.9 Å². The molecule has 0 aliphatic rings. The van der Waals surface area contributed by atoms with Gasteiger partial charge >= 0.3 is 0 Å². The first-order chi connectivity index (χ1) is 15.2. The second-order valence-corrected chi connectivity index (χ2v) is 9.43. The van der Waals surface area contributed by atoms with Crippen molar-refractivity contribution in [2.24, 2.45) is 0 Å². The first kappa shape index (κ1) is 23.6. The van der Waals surface area contributed by atoms with Crippen LogP contribution in [0.15, 0.2) is 52.2 Å². The number of amides is 1. The molecule has 0 saturated carbocycles. The third kappa shape index (κ3) is 5.23. The first-order valence-electron chi connectivity index (χ1n) is 10.6. The van der Waals surface area contributed by atoms with Crippen LogP contribution in [0.5, 0.6) is 0 Å². The van der Waals surface area contributed by atoms with E-state index in [2.05, 4.69) is 15.1 Å². The molecule has 3 aromatic rings. The number of hydrogen-bond donors (Lipinski definition) is 2. The van der Waals surface area contributed by atoms with Crippen LogP contribution in [0.2, 0.25) is 0 Å². The lowest BCUT2D eigenvalue weighted by Crippen LogP contribution is -2.36. The molecule has 8 nitrogen and oxygen atoms in total. The zero-order valence-corrected chi connectivity index (χ0v) is 19.3. The summed E-state index contributed by atoms with van der Waals surface area (Å²) in [5, 5.41) is 7.89. The Kier molecular flexibility index (Phi) is 7.42. The van der Waals surface area contributed by atoms with E-state index in [4.69, 9.17) is 0 Å². The molecule has 170 valence electrons. The number of unbranched alkanes of at least 4 members (excludes halogenated alkanes) is 1. The number of nitrogens with one attached hydrogen (secondary N) is 2. The fourth-order valence-corrected chi connectivity index (χ4v) is 4.74. The van der Waals surface area contributed by atoms with Gasteiger partial charge in [0.1, 0.15) is 0 Å². The molecule has 3 rings (SSSR count). The lowest BCUT2D eigenvalue weighted by atomic mass is 10.1. The highest BCUT2D eigenvalue weighted by atomic mass is 32.2. The second kappa shape index (κ2) is 10.1. The molecule has 2 N–H and O–H groups in total. The molecular weight excluding hydrogens is 428 g/mol. The number of aryl methyl sites for hydroxylation is 3. The van der Waals surface area contributed by atoms with Crippen molar-refractivity contribution in [2.75, 3.05) is 13.1 Å². The summed E-state index contributed by atoms with van der Waals surface area (Å²) < 4.78 is 29.0. The molecule has 0 aliphatic heterocycles. The van der Waals surface area contributed by atoms with Gasteiger partial charge in [0, 0.05) is 25.0 Å². The highest BCUT2D eigenvalue weighted by Crippen LogP contribution is 2.16. The van der Waals surface area contributed by atoms with Gasteiger partial charge in [-0.25, -0.2) is 17.8 Å². The second-order valence-electron chi connectivity index (χ2n) is 7.70. The Morgan fingerprint density at radius 1 is 1.06 bits per heavy atom. The molecule has 0 fully saturated rings. The monoisotopic (exact) mass is 456 g/mol. The van der Waals surface area contributed by atoms with Gasteiger partial charge in [-0.3, -0.25) is 9.59 Å². The number of fused-ring (bicyclic) bond motifs is 1. The Morgan fingerprint density at radius 3 is 2.50 bits per heavy atom. The van der Waals surface area contributed by atoms with Crippen molar-refractivity contribution >= 4 is 26.7 Å². The van der Waals surface area contributed by atoms with E-state index in [1.165, 1.54) is 4.68 Å². The Hall–Kier alpha value is -3.04. The minimum Gasteiger partial charge on any atom is -0.349 e. The van der Waals surface area contributed by atoms with Gasteiger partial charge in [-0.15, -0.1) is 0 Å². The minimum atomic E-state index is -3.70. The number of sulfonamides is 1. The molecule has 0 aliphatic carbocycles. The van der Waals surface area contributed by atoms with Crippen LogP contribution in [0, 0.1) is 13.8 Å². The summed E-state index contributed by atoms with van der Waals surface area (Å²) in [5.41, 5.74) is 1.41. The van der Waals surface area contributed by atoms with E-state index in [1.54, 1.807) is 43.3 Å². The molecule has 0 atom stereocenters. The quantitative estimate of drug-likeness (QED) is 0.481. The topological polar surface area (TPSA) is 110 Å². The van der Waals surface area contributed by atoms with Crippen molar-refractivity contribution in [1.82, 2.24) is 19.8 Å².